The average molecular weight is 295 g/mol. The van der Waals surface area contributed by atoms with Crippen molar-refractivity contribution in [2.75, 3.05) is 0 Å². The van der Waals surface area contributed by atoms with Crippen molar-refractivity contribution in [3.05, 3.63) is 66.2 Å². The van der Waals surface area contributed by atoms with Gasteiger partial charge in [-0.05, 0) is 36.4 Å². The number of halogens is 1. The quantitative estimate of drug-likeness (QED) is 0.553. The highest BCUT2D eigenvalue weighted by atomic mass is 32.1. The van der Waals surface area contributed by atoms with E-state index in [9.17, 15) is 4.39 Å². The molecular formula is C16H10FN3S. The average Bonchev–Trinajstić information content (AvgIpc) is 3.09. The van der Waals surface area contributed by atoms with E-state index in [4.69, 9.17) is 0 Å². The normalized spacial score (nSPS) is 11.1. The van der Waals surface area contributed by atoms with Gasteiger partial charge in [0.1, 0.15) is 5.82 Å². The monoisotopic (exact) mass is 295 g/mol. The zero-order valence-electron chi connectivity index (χ0n) is 10.9. The summed E-state index contributed by atoms with van der Waals surface area (Å²) in [5.41, 5.74) is 3.85. The highest BCUT2D eigenvalue weighted by Gasteiger charge is 2.11. The number of benzene rings is 1. The summed E-state index contributed by atoms with van der Waals surface area (Å²) in [6, 6.07) is 10.3. The number of rotatable bonds is 2. The van der Waals surface area contributed by atoms with Gasteiger partial charge in [-0.3, -0.25) is 9.38 Å². The zero-order chi connectivity index (χ0) is 14.2. The zero-order valence-corrected chi connectivity index (χ0v) is 11.7. The van der Waals surface area contributed by atoms with Crippen molar-refractivity contribution in [1.29, 1.82) is 0 Å². The Morgan fingerprint density at radius 3 is 2.67 bits per heavy atom. The molecule has 4 rings (SSSR count). The van der Waals surface area contributed by atoms with Crippen LogP contribution in [0.25, 0.3) is 27.5 Å². The molecule has 0 fully saturated rings. The Kier molecular flexibility index (Phi) is 2.79. The predicted octanol–water partition coefficient (Wildman–Crippen LogP) is 4.26. The number of aromatic nitrogens is 3. The Morgan fingerprint density at radius 2 is 1.90 bits per heavy atom. The highest BCUT2D eigenvalue weighted by molar-refractivity contribution is 7.15. The van der Waals surface area contributed by atoms with Gasteiger partial charge >= 0.3 is 0 Å². The Hall–Kier alpha value is -2.53. The van der Waals surface area contributed by atoms with Crippen LogP contribution in [0.15, 0.2) is 60.4 Å². The summed E-state index contributed by atoms with van der Waals surface area (Å²) in [5.74, 6) is -0.240. The molecule has 0 aliphatic heterocycles. The van der Waals surface area contributed by atoms with Gasteiger partial charge in [0.05, 0.1) is 11.4 Å². The van der Waals surface area contributed by atoms with Crippen LogP contribution in [-0.2, 0) is 0 Å². The number of imidazole rings is 1. The van der Waals surface area contributed by atoms with Crippen molar-refractivity contribution in [1.82, 2.24) is 14.4 Å². The number of hydrogen-bond donors (Lipinski definition) is 0. The lowest BCUT2D eigenvalue weighted by Gasteiger charge is -1.98. The fourth-order valence-electron chi connectivity index (χ4n) is 2.27. The largest absolute Gasteiger partial charge is 0.290 e. The summed E-state index contributed by atoms with van der Waals surface area (Å²) in [5, 5.41) is 2.06. The van der Waals surface area contributed by atoms with Crippen LogP contribution in [-0.4, -0.2) is 14.4 Å². The van der Waals surface area contributed by atoms with Gasteiger partial charge in [0.15, 0.2) is 4.96 Å². The van der Waals surface area contributed by atoms with Crippen LogP contribution in [0.3, 0.4) is 0 Å². The van der Waals surface area contributed by atoms with Gasteiger partial charge in [0.2, 0.25) is 0 Å². The molecule has 0 unspecified atom stereocenters. The molecule has 0 saturated heterocycles. The third kappa shape index (κ3) is 2.11. The molecule has 5 heteroatoms. The van der Waals surface area contributed by atoms with E-state index >= 15 is 0 Å². The second-order valence-corrected chi connectivity index (χ2v) is 5.48. The lowest BCUT2D eigenvalue weighted by molar-refractivity contribution is 0.628. The van der Waals surface area contributed by atoms with E-state index in [1.54, 1.807) is 29.7 Å². The summed E-state index contributed by atoms with van der Waals surface area (Å²) in [6.45, 7) is 0. The van der Waals surface area contributed by atoms with Gasteiger partial charge < -0.3 is 0 Å². The highest BCUT2D eigenvalue weighted by Crippen LogP contribution is 2.28. The SMILES string of the molecule is Fc1ccc(-c2cn3c(-c4cccnc4)csc3n2)cc1. The Bertz CT molecular complexity index is 894. The van der Waals surface area contributed by atoms with Crippen LogP contribution in [0, 0.1) is 5.82 Å². The van der Waals surface area contributed by atoms with Crippen molar-refractivity contribution >= 4 is 16.3 Å². The molecule has 4 aromatic rings. The van der Waals surface area contributed by atoms with Crippen molar-refractivity contribution in [2.45, 2.75) is 0 Å². The van der Waals surface area contributed by atoms with E-state index in [1.807, 2.05) is 28.9 Å². The van der Waals surface area contributed by atoms with Crippen molar-refractivity contribution in [2.24, 2.45) is 0 Å². The van der Waals surface area contributed by atoms with Gasteiger partial charge in [-0.25, -0.2) is 9.37 Å². The van der Waals surface area contributed by atoms with E-state index < -0.39 is 0 Å². The van der Waals surface area contributed by atoms with E-state index in [0.717, 1.165) is 27.5 Å². The van der Waals surface area contributed by atoms with Crippen molar-refractivity contribution in [3.8, 4) is 22.5 Å². The standard InChI is InChI=1S/C16H10FN3S/c17-13-5-3-11(4-6-13)14-9-20-15(10-21-16(20)19-14)12-2-1-7-18-8-12/h1-10H. The second kappa shape index (κ2) is 4.79. The minimum absolute atomic E-state index is 0.240. The molecular weight excluding hydrogens is 285 g/mol. The maximum absolute atomic E-state index is 13.0. The van der Waals surface area contributed by atoms with Gasteiger partial charge in [-0.15, -0.1) is 11.3 Å². The second-order valence-electron chi connectivity index (χ2n) is 4.65. The first-order valence-corrected chi connectivity index (χ1v) is 7.32. The van der Waals surface area contributed by atoms with Gasteiger partial charge in [-0.2, -0.15) is 0 Å². The topological polar surface area (TPSA) is 30.2 Å². The van der Waals surface area contributed by atoms with Gasteiger partial charge in [-0.1, -0.05) is 0 Å². The third-order valence-electron chi connectivity index (χ3n) is 3.31. The molecule has 1 aromatic carbocycles. The third-order valence-corrected chi connectivity index (χ3v) is 4.15. The number of fused-ring (bicyclic) bond motifs is 1. The molecule has 0 aliphatic rings. The Labute approximate surface area is 124 Å². The van der Waals surface area contributed by atoms with Crippen LogP contribution < -0.4 is 0 Å². The summed E-state index contributed by atoms with van der Waals surface area (Å²) in [6.07, 6.45) is 5.56. The molecule has 3 nitrogen and oxygen atoms in total. The lowest BCUT2D eigenvalue weighted by atomic mass is 10.2. The molecule has 102 valence electrons. The molecule has 21 heavy (non-hydrogen) atoms. The fraction of sp³-hybridized carbons (Fsp3) is 0. The van der Waals surface area contributed by atoms with Crippen LogP contribution in [0.1, 0.15) is 0 Å². The summed E-state index contributed by atoms with van der Waals surface area (Å²) in [7, 11) is 0. The molecule has 0 saturated carbocycles. The van der Waals surface area contributed by atoms with Crippen LogP contribution in [0.4, 0.5) is 4.39 Å². The van der Waals surface area contributed by atoms with Crippen LogP contribution in [0.5, 0.6) is 0 Å². The minimum Gasteiger partial charge on any atom is -0.290 e. The molecule has 0 radical (unpaired) electrons. The predicted molar refractivity (Wildman–Crippen MR) is 81.7 cm³/mol. The van der Waals surface area contributed by atoms with Gasteiger partial charge in [0.25, 0.3) is 0 Å². The Morgan fingerprint density at radius 1 is 1.05 bits per heavy atom. The molecule has 0 amide bonds. The summed E-state index contributed by atoms with van der Waals surface area (Å²) < 4.78 is 15.0. The first kappa shape index (κ1) is 12.2. The fourth-order valence-corrected chi connectivity index (χ4v) is 3.15. The minimum atomic E-state index is -0.240. The summed E-state index contributed by atoms with van der Waals surface area (Å²) >= 11 is 1.58. The maximum atomic E-state index is 13.0. The van der Waals surface area contributed by atoms with Gasteiger partial charge in [0, 0.05) is 35.1 Å². The van der Waals surface area contributed by atoms with E-state index in [1.165, 1.54) is 12.1 Å². The summed E-state index contributed by atoms with van der Waals surface area (Å²) in [4.78, 5) is 9.66. The smallest absolute Gasteiger partial charge is 0.194 e. The van der Waals surface area contributed by atoms with Crippen LogP contribution >= 0.6 is 11.3 Å². The molecule has 3 aromatic heterocycles. The molecule has 3 heterocycles. The maximum Gasteiger partial charge on any atom is 0.194 e. The molecule has 0 N–H and O–H groups in total. The Balaban J connectivity index is 1.84. The number of hydrogen-bond acceptors (Lipinski definition) is 3. The van der Waals surface area contributed by atoms with Crippen molar-refractivity contribution < 1.29 is 4.39 Å². The van der Waals surface area contributed by atoms with E-state index in [0.29, 0.717) is 0 Å². The van der Waals surface area contributed by atoms with E-state index in [2.05, 4.69) is 15.3 Å². The first-order valence-electron chi connectivity index (χ1n) is 6.44. The molecule has 0 bridgehead atoms. The lowest BCUT2D eigenvalue weighted by Crippen LogP contribution is -1.84. The van der Waals surface area contributed by atoms with E-state index in [-0.39, 0.29) is 5.82 Å². The van der Waals surface area contributed by atoms with Crippen molar-refractivity contribution in [3.63, 3.8) is 0 Å². The molecule has 0 spiro atoms. The first-order chi connectivity index (χ1) is 10.3. The molecule has 0 aliphatic carbocycles. The number of thiazole rings is 1. The number of nitrogens with zero attached hydrogens (tertiary/aromatic N) is 3. The number of pyridine rings is 1. The molecule has 0 atom stereocenters. The van der Waals surface area contributed by atoms with Crippen LogP contribution in [0.2, 0.25) is 0 Å².